The molecule has 0 bridgehead atoms. The molecule has 0 radical (unpaired) electrons. The van der Waals surface area contributed by atoms with Crippen molar-refractivity contribution >= 4 is 16.7 Å². The first kappa shape index (κ1) is 11.7. The van der Waals surface area contributed by atoms with E-state index in [0.717, 1.165) is 27.7 Å². The summed E-state index contributed by atoms with van der Waals surface area (Å²) < 4.78 is 1.99. The van der Waals surface area contributed by atoms with Gasteiger partial charge in [-0.1, -0.05) is 48.5 Å². The van der Waals surface area contributed by atoms with Crippen molar-refractivity contribution in [3.05, 3.63) is 60.3 Å². The highest BCUT2D eigenvalue weighted by molar-refractivity contribution is 6.10. The number of hydrogen-bond donors (Lipinski definition) is 0. The minimum Gasteiger partial charge on any atom is -0.341 e. The average molecular weight is 249 g/mol. The van der Waals surface area contributed by atoms with Crippen LogP contribution in [0.5, 0.6) is 0 Å². The van der Waals surface area contributed by atoms with Gasteiger partial charge in [-0.05, 0) is 11.6 Å². The van der Waals surface area contributed by atoms with E-state index in [2.05, 4.69) is 6.07 Å². The molecule has 1 aromatic heterocycles. The summed E-state index contributed by atoms with van der Waals surface area (Å²) in [5.74, 6) is 0.0950. The lowest BCUT2D eigenvalue weighted by Gasteiger charge is -2.04. The Hall–Kier alpha value is -2.35. The van der Waals surface area contributed by atoms with Gasteiger partial charge in [-0.2, -0.15) is 0 Å². The van der Waals surface area contributed by atoms with Crippen LogP contribution in [0.3, 0.4) is 0 Å². The van der Waals surface area contributed by atoms with Crippen molar-refractivity contribution < 1.29 is 4.79 Å². The van der Waals surface area contributed by atoms with Crippen molar-refractivity contribution in [2.45, 2.75) is 6.92 Å². The molecular weight excluding hydrogens is 234 g/mol. The molecule has 2 nitrogen and oxygen atoms in total. The van der Waals surface area contributed by atoms with E-state index in [1.807, 2.05) is 60.1 Å². The summed E-state index contributed by atoms with van der Waals surface area (Å²) in [7, 11) is 1.95. The molecule has 0 spiro atoms. The number of carbonyl (C=O) groups excluding carboxylic acids is 1. The highest BCUT2D eigenvalue weighted by Crippen LogP contribution is 2.34. The SMILES string of the molecule is CC(=O)c1c(-c2ccccc2)c2ccccc2n1C. The number of para-hydroxylation sites is 1. The number of ketones is 1. The first-order valence-corrected chi connectivity index (χ1v) is 6.34. The monoisotopic (exact) mass is 249 g/mol. The molecule has 0 fully saturated rings. The standard InChI is InChI=1S/C17H15NO/c1-12(19)17-16(13-8-4-3-5-9-13)14-10-6-7-11-15(14)18(17)2/h3-11H,1-2H3. The Kier molecular flexibility index (Phi) is 2.71. The Bertz CT molecular complexity index is 754. The van der Waals surface area contributed by atoms with Crippen molar-refractivity contribution in [2.75, 3.05) is 0 Å². The second-order valence-electron chi connectivity index (χ2n) is 4.72. The third kappa shape index (κ3) is 1.76. The van der Waals surface area contributed by atoms with Gasteiger partial charge in [0.15, 0.2) is 5.78 Å². The highest BCUT2D eigenvalue weighted by atomic mass is 16.1. The highest BCUT2D eigenvalue weighted by Gasteiger charge is 2.18. The summed E-state index contributed by atoms with van der Waals surface area (Å²) in [4.78, 5) is 12.0. The number of aromatic nitrogens is 1. The van der Waals surface area contributed by atoms with Crippen molar-refractivity contribution in [1.82, 2.24) is 4.57 Å². The van der Waals surface area contributed by atoms with Crippen molar-refractivity contribution in [3.63, 3.8) is 0 Å². The molecule has 0 atom stereocenters. The van der Waals surface area contributed by atoms with E-state index >= 15 is 0 Å². The molecule has 0 N–H and O–H groups in total. The second kappa shape index (κ2) is 4.39. The number of aryl methyl sites for hydroxylation is 1. The van der Waals surface area contributed by atoms with Crippen LogP contribution in [0.2, 0.25) is 0 Å². The Labute approximate surface area is 112 Å². The Balaban J connectivity index is 2.46. The Morgan fingerprint density at radius 2 is 1.58 bits per heavy atom. The number of hydrogen-bond acceptors (Lipinski definition) is 1. The quantitative estimate of drug-likeness (QED) is 0.628. The number of benzene rings is 2. The summed E-state index contributed by atoms with van der Waals surface area (Å²) in [6, 6.07) is 18.2. The van der Waals surface area contributed by atoms with Crippen LogP contribution in [0.25, 0.3) is 22.0 Å². The fraction of sp³-hybridized carbons (Fsp3) is 0.118. The maximum absolute atomic E-state index is 12.0. The van der Waals surface area contributed by atoms with E-state index in [1.54, 1.807) is 6.92 Å². The lowest BCUT2D eigenvalue weighted by molar-refractivity contribution is 0.101. The molecule has 0 aliphatic carbocycles. The molecule has 0 saturated heterocycles. The number of nitrogens with zero attached hydrogens (tertiary/aromatic N) is 1. The minimum atomic E-state index is 0.0950. The van der Waals surface area contributed by atoms with Crippen LogP contribution in [0.4, 0.5) is 0 Å². The van der Waals surface area contributed by atoms with Gasteiger partial charge in [-0.25, -0.2) is 0 Å². The van der Waals surface area contributed by atoms with E-state index < -0.39 is 0 Å². The van der Waals surface area contributed by atoms with Gasteiger partial charge in [-0.3, -0.25) is 4.79 Å². The van der Waals surface area contributed by atoms with Gasteiger partial charge in [0.25, 0.3) is 0 Å². The third-order valence-corrected chi connectivity index (χ3v) is 3.50. The van der Waals surface area contributed by atoms with Crippen LogP contribution in [-0.4, -0.2) is 10.4 Å². The van der Waals surface area contributed by atoms with Gasteiger partial charge in [0, 0.05) is 30.4 Å². The summed E-state index contributed by atoms with van der Waals surface area (Å²) in [6.45, 7) is 1.63. The maximum Gasteiger partial charge on any atom is 0.176 e. The lowest BCUT2D eigenvalue weighted by atomic mass is 10.0. The zero-order chi connectivity index (χ0) is 13.4. The summed E-state index contributed by atoms with van der Waals surface area (Å²) in [5, 5.41) is 1.13. The smallest absolute Gasteiger partial charge is 0.176 e. The lowest BCUT2D eigenvalue weighted by Crippen LogP contribution is -2.02. The van der Waals surface area contributed by atoms with Crippen LogP contribution in [-0.2, 0) is 7.05 Å². The van der Waals surface area contributed by atoms with E-state index in [4.69, 9.17) is 0 Å². The molecule has 0 saturated carbocycles. The van der Waals surface area contributed by atoms with E-state index in [-0.39, 0.29) is 5.78 Å². The molecule has 2 aromatic carbocycles. The normalized spacial score (nSPS) is 10.8. The van der Waals surface area contributed by atoms with Gasteiger partial charge in [0.2, 0.25) is 0 Å². The molecule has 0 amide bonds. The molecule has 94 valence electrons. The van der Waals surface area contributed by atoms with Crippen molar-refractivity contribution in [3.8, 4) is 11.1 Å². The molecule has 19 heavy (non-hydrogen) atoms. The largest absolute Gasteiger partial charge is 0.341 e. The van der Waals surface area contributed by atoms with E-state index in [0.29, 0.717) is 0 Å². The number of fused-ring (bicyclic) bond motifs is 1. The summed E-state index contributed by atoms with van der Waals surface area (Å²) in [5.41, 5.74) is 3.98. The van der Waals surface area contributed by atoms with Crippen molar-refractivity contribution in [2.24, 2.45) is 7.05 Å². The predicted octanol–water partition coefficient (Wildman–Crippen LogP) is 4.05. The topological polar surface area (TPSA) is 22.0 Å². The Morgan fingerprint density at radius 3 is 2.26 bits per heavy atom. The zero-order valence-corrected chi connectivity index (χ0v) is 11.1. The minimum absolute atomic E-state index is 0.0950. The van der Waals surface area contributed by atoms with Gasteiger partial charge in [0.1, 0.15) is 0 Å². The van der Waals surface area contributed by atoms with Gasteiger partial charge in [0.05, 0.1) is 5.69 Å². The maximum atomic E-state index is 12.0. The van der Waals surface area contributed by atoms with Crippen LogP contribution in [0.15, 0.2) is 54.6 Å². The summed E-state index contributed by atoms with van der Waals surface area (Å²) in [6.07, 6.45) is 0. The van der Waals surface area contributed by atoms with Gasteiger partial charge in [-0.15, -0.1) is 0 Å². The van der Waals surface area contributed by atoms with Gasteiger partial charge < -0.3 is 4.57 Å². The molecular formula is C17H15NO. The van der Waals surface area contributed by atoms with Crippen LogP contribution < -0.4 is 0 Å². The summed E-state index contributed by atoms with van der Waals surface area (Å²) >= 11 is 0. The average Bonchev–Trinajstić information content (AvgIpc) is 2.74. The van der Waals surface area contributed by atoms with E-state index in [1.165, 1.54) is 0 Å². The van der Waals surface area contributed by atoms with E-state index in [9.17, 15) is 4.79 Å². The van der Waals surface area contributed by atoms with Gasteiger partial charge >= 0.3 is 0 Å². The molecule has 0 aliphatic rings. The zero-order valence-electron chi connectivity index (χ0n) is 11.1. The Morgan fingerprint density at radius 1 is 0.947 bits per heavy atom. The molecule has 1 heterocycles. The molecule has 0 aliphatic heterocycles. The molecule has 3 rings (SSSR count). The number of rotatable bonds is 2. The predicted molar refractivity (Wildman–Crippen MR) is 78.4 cm³/mol. The van der Waals surface area contributed by atoms with Crippen LogP contribution in [0, 0.1) is 0 Å². The van der Waals surface area contributed by atoms with Crippen LogP contribution in [0.1, 0.15) is 17.4 Å². The first-order chi connectivity index (χ1) is 9.20. The number of carbonyl (C=O) groups is 1. The van der Waals surface area contributed by atoms with Crippen molar-refractivity contribution in [1.29, 1.82) is 0 Å². The molecule has 2 heteroatoms. The fourth-order valence-corrected chi connectivity index (χ4v) is 2.70. The molecule has 0 unspecified atom stereocenters. The number of Topliss-reactive ketones (excluding diaryl/α,β-unsaturated/α-hetero) is 1. The second-order valence-corrected chi connectivity index (χ2v) is 4.72. The van der Waals surface area contributed by atoms with Crippen LogP contribution >= 0.6 is 0 Å². The molecule has 3 aromatic rings. The third-order valence-electron chi connectivity index (χ3n) is 3.50. The fourth-order valence-electron chi connectivity index (χ4n) is 2.70. The first-order valence-electron chi connectivity index (χ1n) is 6.34.